The van der Waals surface area contributed by atoms with Crippen LogP contribution in [0.15, 0.2) is 24.3 Å². The Hall–Kier alpha value is -2.22. The first-order chi connectivity index (χ1) is 13.2. The van der Waals surface area contributed by atoms with E-state index in [1.807, 2.05) is 26.0 Å². The number of hydrogen-bond donors (Lipinski definition) is 4. The number of methoxy groups -OCH3 is 1. The van der Waals surface area contributed by atoms with Crippen LogP contribution in [-0.4, -0.2) is 43.2 Å². The average Bonchev–Trinajstić information content (AvgIpc) is 2.64. The number of hydrogen-bond acceptors (Lipinski definition) is 5. The first-order valence-corrected chi connectivity index (χ1v) is 9.80. The minimum Gasteiger partial charge on any atom is -0.497 e. The predicted molar refractivity (Wildman–Crippen MR) is 112 cm³/mol. The second-order valence-corrected chi connectivity index (χ2v) is 7.86. The van der Waals surface area contributed by atoms with E-state index >= 15 is 0 Å². The van der Waals surface area contributed by atoms with Crippen molar-refractivity contribution < 1.29 is 19.1 Å². The standard InChI is InChI=1S/C20H31N3O4S/c1-12(2)9-15(19(21)25)17(28)11-18(24)23-16(20(26)22-3)10-13-5-7-14(27-4)8-6-13/h5-8,12,15-17,28H,9-11H2,1-4H3,(H2,21,25)(H,22,26)(H,23,24). The first-order valence-electron chi connectivity index (χ1n) is 9.29. The molecule has 1 aromatic rings. The fraction of sp³-hybridized carbons (Fsp3) is 0.550. The molecular weight excluding hydrogens is 378 g/mol. The Labute approximate surface area is 172 Å². The highest BCUT2D eigenvalue weighted by molar-refractivity contribution is 7.81. The van der Waals surface area contributed by atoms with Crippen LogP contribution in [0.2, 0.25) is 0 Å². The van der Waals surface area contributed by atoms with Gasteiger partial charge in [-0.3, -0.25) is 14.4 Å². The number of thiol groups is 1. The van der Waals surface area contributed by atoms with Gasteiger partial charge in [0.15, 0.2) is 0 Å². The SMILES string of the molecule is CNC(=O)C(Cc1ccc(OC)cc1)NC(=O)CC(S)C(CC(C)C)C(N)=O. The van der Waals surface area contributed by atoms with E-state index in [0.29, 0.717) is 18.6 Å². The third-order valence-electron chi connectivity index (χ3n) is 4.45. The summed E-state index contributed by atoms with van der Waals surface area (Å²) < 4.78 is 5.12. The van der Waals surface area contributed by atoms with Crippen molar-refractivity contribution in [2.75, 3.05) is 14.2 Å². The lowest BCUT2D eigenvalue weighted by Gasteiger charge is -2.23. The molecule has 0 saturated heterocycles. The molecule has 3 atom stereocenters. The van der Waals surface area contributed by atoms with Crippen LogP contribution in [0, 0.1) is 11.8 Å². The van der Waals surface area contributed by atoms with Crippen molar-refractivity contribution >= 4 is 30.4 Å². The molecule has 0 aliphatic rings. The largest absolute Gasteiger partial charge is 0.497 e. The molecular formula is C20H31N3O4S. The van der Waals surface area contributed by atoms with Gasteiger partial charge in [-0.2, -0.15) is 12.6 Å². The van der Waals surface area contributed by atoms with Crippen molar-refractivity contribution in [3.8, 4) is 5.75 Å². The molecule has 0 saturated carbocycles. The van der Waals surface area contributed by atoms with E-state index in [0.717, 1.165) is 5.56 Å². The zero-order valence-corrected chi connectivity index (χ0v) is 17.8. The topological polar surface area (TPSA) is 111 Å². The Morgan fingerprint density at radius 1 is 1.18 bits per heavy atom. The number of nitrogens with one attached hydrogen (secondary N) is 2. The Kier molecular flexibility index (Phi) is 9.85. The molecule has 156 valence electrons. The van der Waals surface area contributed by atoms with E-state index in [4.69, 9.17) is 10.5 Å². The molecule has 1 aromatic carbocycles. The highest BCUT2D eigenvalue weighted by atomic mass is 32.1. The highest BCUT2D eigenvalue weighted by Crippen LogP contribution is 2.22. The second-order valence-electron chi connectivity index (χ2n) is 7.20. The van der Waals surface area contributed by atoms with Gasteiger partial charge in [0.05, 0.1) is 13.0 Å². The zero-order chi connectivity index (χ0) is 21.3. The highest BCUT2D eigenvalue weighted by Gasteiger charge is 2.28. The van der Waals surface area contributed by atoms with Crippen LogP contribution in [0.3, 0.4) is 0 Å². The number of amides is 3. The molecule has 4 N–H and O–H groups in total. The number of benzene rings is 1. The lowest BCUT2D eigenvalue weighted by atomic mass is 9.91. The third kappa shape index (κ3) is 7.80. The number of primary amides is 1. The molecule has 1 rings (SSSR count). The lowest BCUT2D eigenvalue weighted by Crippen LogP contribution is -2.48. The number of carbonyl (C=O) groups excluding carboxylic acids is 3. The zero-order valence-electron chi connectivity index (χ0n) is 16.9. The molecule has 8 heteroatoms. The van der Waals surface area contributed by atoms with Crippen LogP contribution in [0.25, 0.3) is 0 Å². The van der Waals surface area contributed by atoms with E-state index < -0.39 is 23.1 Å². The third-order valence-corrected chi connectivity index (χ3v) is 4.99. The summed E-state index contributed by atoms with van der Waals surface area (Å²) in [5.74, 6) is -0.656. The summed E-state index contributed by atoms with van der Waals surface area (Å²) in [6.07, 6.45) is 0.888. The second kappa shape index (κ2) is 11.6. The van der Waals surface area contributed by atoms with E-state index in [1.165, 1.54) is 7.05 Å². The van der Waals surface area contributed by atoms with Crippen molar-refractivity contribution in [1.82, 2.24) is 10.6 Å². The number of ether oxygens (including phenoxy) is 1. The van der Waals surface area contributed by atoms with Gasteiger partial charge in [-0.15, -0.1) is 0 Å². The number of likely N-dealkylation sites (N-methyl/N-ethyl adjacent to an activating group) is 1. The van der Waals surface area contributed by atoms with Gasteiger partial charge >= 0.3 is 0 Å². The summed E-state index contributed by atoms with van der Waals surface area (Å²) in [6.45, 7) is 3.96. The van der Waals surface area contributed by atoms with Gasteiger partial charge in [0.1, 0.15) is 11.8 Å². The maximum atomic E-state index is 12.5. The minimum atomic E-state index is -0.733. The lowest BCUT2D eigenvalue weighted by molar-refractivity contribution is -0.129. The van der Waals surface area contributed by atoms with Crippen molar-refractivity contribution in [3.05, 3.63) is 29.8 Å². The summed E-state index contributed by atoms with van der Waals surface area (Å²) in [5.41, 5.74) is 6.35. The molecule has 0 spiro atoms. The summed E-state index contributed by atoms with van der Waals surface area (Å²) in [4.78, 5) is 36.4. The minimum absolute atomic E-state index is 0.000452. The van der Waals surface area contributed by atoms with Crippen LogP contribution < -0.4 is 21.1 Å². The Bertz CT molecular complexity index is 664. The van der Waals surface area contributed by atoms with Crippen molar-refractivity contribution in [1.29, 1.82) is 0 Å². The Balaban J connectivity index is 2.77. The van der Waals surface area contributed by atoms with E-state index in [1.54, 1.807) is 19.2 Å². The Morgan fingerprint density at radius 2 is 1.79 bits per heavy atom. The smallest absolute Gasteiger partial charge is 0.242 e. The molecule has 0 radical (unpaired) electrons. The van der Waals surface area contributed by atoms with E-state index in [2.05, 4.69) is 23.3 Å². The van der Waals surface area contributed by atoms with Crippen LogP contribution in [0.1, 0.15) is 32.3 Å². The van der Waals surface area contributed by atoms with Crippen molar-refractivity contribution in [2.45, 2.75) is 44.4 Å². The van der Waals surface area contributed by atoms with Crippen molar-refractivity contribution in [3.63, 3.8) is 0 Å². The maximum Gasteiger partial charge on any atom is 0.242 e. The Morgan fingerprint density at radius 3 is 2.25 bits per heavy atom. The normalized spacial score (nSPS) is 14.1. The number of nitrogens with two attached hydrogens (primary N) is 1. The summed E-state index contributed by atoms with van der Waals surface area (Å²) in [5, 5.41) is 4.79. The molecule has 0 fully saturated rings. The fourth-order valence-electron chi connectivity index (χ4n) is 2.94. The summed E-state index contributed by atoms with van der Waals surface area (Å²) in [6, 6.07) is 6.54. The molecule has 0 bridgehead atoms. The van der Waals surface area contributed by atoms with Crippen LogP contribution in [0.4, 0.5) is 0 Å². The molecule has 0 aromatic heterocycles. The number of carbonyl (C=O) groups is 3. The van der Waals surface area contributed by atoms with Gasteiger partial charge in [0, 0.05) is 25.1 Å². The molecule has 3 unspecified atom stereocenters. The molecule has 3 amide bonds. The van der Waals surface area contributed by atoms with Gasteiger partial charge in [0.2, 0.25) is 17.7 Å². The molecule has 0 aliphatic heterocycles. The first kappa shape index (κ1) is 23.8. The monoisotopic (exact) mass is 409 g/mol. The van der Waals surface area contributed by atoms with Crippen molar-refractivity contribution in [2.24, 2.45) is 17.6 Å². The number of rotatable bonds is 11. The van der Waals surface area contributed by atoms with Gasteiger partial charge < -0.3 is 21.1 Å². The molecule has 7 nitrogen and oxygen atoms in total. The average molecular weight is 410 g/mol. The molecule has 0 heterocycles. The quantitative estimate of drug-likeness (QED) is 0.413. The van der Waals surface area contributed by atoms with Crippen LogP contribution >= 0.6 is 12.6 Å². The van der Waals surface area contributed by atoms with Gasteiger partial charge in [-0.05, 0) is 30.0 Å². The van der Waals surface area contributed by atoms with Crippen LogP contribution in [0.5, 0.6) is 5.75 Å². The van der Waals surface area contributed by atoms with Crippen LogP contribution in [-0.2, 0) is 20.8 Å². The molecule has 28 heavy (non-hydrogen) atoms. The predicted octanol–water partition coefficient (Wildman–Crippen LogP) is 1.30. The fourth-order valence-corrected chi connectivity index (χ4v) is 3.37. The van der Waals surface area contributed by atoms with Gasteiger partial charge in [-0.25, -0.2) is 0 Å². The van der Waals surface area contributed by atoms with Gasteiger partial charge in [-0.1, -0.05) is 26.0 Å². The van der Waals surface area contributed by atoms with Gasteiger partial charge in [0.25, 0.3) is 0 Å². The summed E-state index contributed by atoms with van der Waals surface area (Å²) in [7, 11) is 3.09. The summed E-state index contributed by atoms with van der Waals surface area (Å²) >= 11 is 4.42. The van der Waals surface area contributed by atoms with E-state index in [9.17, 15) is 14.4 Å². The van der Waals surface area contributed by atoms with E-state index in [-0.39, 0.29) is 24.2 Å². The molecule has 0 aliphatic carbocycles. The maximum absolute atomic E-state index is 12.5.